The average molecular weight is 257 g/mol. The molecule has 0 atom stereocenters. The Bertz CT molecular complexity index is 454. The van der Waals surface area contributed by atoms with E-state index in [9.17, 15) is 5.26 Å². The molecule has 0 bridgehead atoms. The molecule has 0 spiro atoms. The van der Waals surface area contributed by atoms with Gasteiger partial charge in [0.25, 0.3) is 0 Å². The molecule has 1 saturated heterocycles. The molecule has 0 radical (unpaired) electrons. The Hall–Kier alpha value is -1.53. The van der Waals surface area contributed by atoms with Crippen molar-refractivity contribution in [3.8, 4) is 6.07 Å². The van der Waals surface area contributed by atoms with Crippen molar-refractivity contribution < 1.29 is 0 Å². The van der Waals surface area contributed by atoms with Gasteiger partial charge in [-0.25, -0.2) is 0 Å². The summed E-state index contributed by atoms with van der Waals surface area (Å²) in [6.45, 7) is 5.36. The SMILES string of the molecule is CNCCC1CCN(c2c(C)cccc2C#N)CC1. The van der Waals surface area contributed by atoms with E-state index in [0.29, 0.717) is 0 Å². The molecular formula is C16H23N3. The fraction of sp³-hybridized carbons (Fsp3) is 0.562. The molecule has 0 amide bonds. The molecular weight excluding hydrogens is 234 g/mol. The number of piperidine rings is 1. The Balaban J connectivity index is 2.04. The summed E-state index contributed by atoms with van der Waals surface area (Å²) in [5, 5.41) is 12.5. The van der Waals surface area contributed by atoms with E-state index < -0.39 is 0 Å². The largest absolute Gasteiger partial charge is 0.370 e. The van der Waals surface area contributed by atoms with Crippen LogP contribution < -0.4 is 10.2 Å². The second-order valence-corrected chi connectivity index (χ2v) is 5.41. The maximum Gasteiger partial charge on any atom is 0.101 e. The average Bonchev–Trinajstić information content (AvgIpc) is 2.45. The maximum absolute atomic E-state index is 9.26. The van der Waals surface area contributed by atoms with Crippen LogP contribution in [-0.2, 0) is 0 Å². The van der Waals surface area contributed by atoms with Crippen LogP contribution in [-0.4, -0.2) is 26.7 Å². The highest BCUT2D eigenvalue weighted by molar-refractivity contribution is 5.64. The van der Waals surface area contributed by atoms with Crippen LogP contribution in [0.2, 0.25) is 0 Å². The molecule has 1 N–H and O–H groups in total. The van der Waals surface area contributed by atoms with Crippen molar-refractivity contribution in [2.75, 3.05) is 31.6 Å². The molecule has 0 saturated carbocycles. The first-order chi connectivity index (χ1) is 9.26. The third-order valence-corrected chi connectivity index (χ3v) is 4.09. The summed E-state index contributed by atoms with van der Waals surface area (Å²) in [5.41, 5.74) is 3.18. The predicted molar refractivity (Wildman–Crippen MR) is 79.4 cm³/mol. The van der Waals surface area contributed by atoms with E-state index in [1.165, 1.54) is 24.8 Å². The van der Waals surface area contributed by atoms with Crippen molar-refractivity contribution in [2.24, 2.45) is 5.92 Å². The summed E-state index contributed by atoms with van der Waals surface area (Å²) >= 11 is 0. The lowest BCUT2D eigenvalue weighted by Crippen LogP contribution is -2.35. The number of para-hydroxylation sites is 1. The van der Waals surface area contributed by atoms with E-state index in [4.69, 9.17) is 0 Å². The van der Waals surface area contributed by atoms with Crippen LogP contribution in [0.3, 0.4) is 0 Å². The number of anilines is 1. The fourth-order valence-electron chi connectivity index (χ4n) is 2.96. The molecule has 1 aliphatic rings. The zero-order chi connectivity index (χ0) is 13.7. The Morgan fingerprint density at radius 2 is 2.11 bits per heavy atom. The second kappa shape index (κ2) is 6.58. The summed E-state index contributed by atoms with van der Waals surface area (Å²) in [7, 11) is 2.02. The minimum Gasteiger partial charge on any atom is -0.370 e. The number of nitrogens with zero attached hydrogens (tertiary/aromatic N) is 2. The number of aryl methyl sites for hydroxylation is 1. The monoisotopic (exact) mass is 257 g/mol. The van der Waals surface area contributed by atoms with Gasteiger partial charge in [0, 0.05) is 13.1 Å². The van der Waals surface area contributed by atoms with Crippen molar-refractivity contribution in [3.63, 3.8) is 0 Å². The predicted octanol–water partition coefficient (Wildman–Crippen LogP) is 2.69. The molecule has 1 aliphatic heterocycles. The zero-order valence-electron chi connectivity index (χ0n) is 11.9. The summed E-state index contributed by atoms with van der Waals surface area (Å²) in [6, 6.07) is 8.32. The van der Waals surface area contributed by atoms with E-state index in [2.05, 4.69) is 29.3 Å². The molecule has 3 nitrogen and oxygen atoms in total. The molecule has 0 aliphatic carbocycles. The van der Waals surface area contributed by atoms with Crippen LogP contribution >= 0.6 is 0 Å². The van der Waals surface area contributed by atoms with Crippen molar-refractivity contribution in [3.05, 3.63) is 29.3 Å². The van der Waals surface area contributed by atoms with Crippen LogP contribution in [0.1, 0.15) is 30.4 Å². The van der Waals surface area contributed by atoms with Crippen LogP contribution in [0.5, 0.6) is 0 Å². The summed E-state index contributed by atoms with van der Waals surface area (Å²) in [5.74, 6) is 0.832. The Kier molecular flexibility index (Phi) is 4.81. The Labute approximate surface area is 116 Å². The molecule has 1 heterocycles. The van der Waals surface area contributed by atoms with Gasteiger partial charge in [-0.05, 0) is 57.3 Å². The number of rotatable bonds is 4. The second-order valence-electron chi connectivity index (χ2n) is 5.41. The van der Waals surface area contributed by atoms with E-state index >= 15 is 0 Å². The number of hydrogen-bond donors (Lipinski definition) is 1. The lowest BCUT2D eigenvalue weighted by Gasteiger charge is -2.35. The zero-order valence-corrected chi connectivity index (χ0v) is 11.9. The van der Waals surface area contributed by atoms with Gasteiger partial charge in [0.2, 0.25) is 0 Å². The van der Waals surface area contributed by atoms with Crippen molar-refractivity contribution in [1.82, 2.24) is 5.32 Å². The third kappa shape index (κ3) is 3.27. The van der Waals surface area contributed by atoms with Gasteiger partial charge in [0.05, 0.1) is 11.3 Å². The van der Waals surface area contributed by atoms with E-state index in [-0.39, 0.29) is 0 Å². The highest BCUT2D eigenvalue weighted by Crippen LogP contribution is 2.29. The Morgan fingerprint density at radius 1 is 1.37 bits per heavy atom. The lowest BCUT2D eigenvalue weighted by atomic mass is 9.92. The number of nitrogens with one attached hydrogen (secondary N) is 1. The van der Waals surface area contributed by atoms with E-state index in [0.717, 1.165) is 36.8 Å². The van der Waals surface area contributed by atoms with Gasteiger partial charge in [-0.15, -0.1) is 0 Å². The normalized spacial score (nSPS) is 16.4. The van der Waals surface area contributed by atoms with Gasteiger partial charge >= 0.3 is 0 Å². The molecule has 3 heteroatoms. The first-order valence-electron chi connectivity index (χ1n) is 7.15. The number of nitriles is 1. The molecule has 1 fully saturated rings. The first-order valence-corrected chi connectivity index (χ1v) is 7.15. The summed E-state index contributed by atoms with van der Waals surface area (Å²) in [4.78, 5) is 2.39. The minimum atomic E-state index is 0.814. The van der Waals surface area contributed by atoms with Crippen molar-refractivity contribution in [1.29, 1.82) is 5.26 Å². The molecule has 2 rings (SSSR count). The van der Waals surface area contributed by atoms with Crippen LogP contribution in [0, 0.1) is 24.2 Å². The number of hydrogen-bond acceptors (Lipinski definition) is 3. The highest BCUT2D eigenvalue weighted by atomic mass is 15.1. The maximum atomic E-state index is 9.26. The van der Waals surface area contributed by atoms with Gasteiger partial charge < -0.3 is 10.2 Å². The quantitative estimate of drug-likeness (QED) is 0.901. The number of benzene rings is 1. The minimum absolute atomic E-state index is 0.814. The van der Waals surface area contributed by atoms with Gasteiger partial charge in [0.15, 0.2) is 0 Å². The molecule has 102 valence electrons. The van der Waals surface area contributed by atoms with Gasteiger partial charge in [-0.1, -0.05) is 12.1 Å². The van der Waals surface area contributed by atoms with Gasteiger partial charge in [0.1, 0.15) is 6.07 Å². The molecule has 1 aromatic rings. The van der Waals surface area contributed by atoms with Crippen LogP contribution in [0.4, 0.5) is 5.69 Å². The van der Waals surface area contributed by atoms with Crippen LogP contribution in [0.25, 0.3) is 0 Å². The summed E-state index contributed by atoms with van der Waals surface area (Å²) < 4.78 is 0. The lowest BCUT2D eigenvalue weighted by molar-refractivity contribution is 0.378. The highest BCUT2D eigenvalue weighted by Gasteiger charge is 2.21. The molecule has 0 unspecified atom stereocenters. The molecule has 0 aromatic heterocycles. The molecule has 1 aromatic carbocycles. The van der Waals surface area contributed by atoms with Gasteiger partial charge in [-0.3, -0.25) is 0 Å². The Morgan fingerprint density at radius 3 is 2.74 bits per heavy atom. The first kappa shape index (κ1) is 13.9. The van der Waals surface area contributed by atoms with Crippen molar-refractivity contribution in [2.45, 2.75) is 26.2 Å². The standard InChI is InChI=1S/C16H23N3/c1-13-4-3-5-15(12-17)16(13)19-10-7-14(8-11-19)6-9-18-2/h3-5,14,18H,6-11H2,1-2H3. The topological polar surface area (TPSA) is 39.1 Å². The fourth-order valence-corrected chi connectivity index (χ4v) is 2.96. The van der Waals surface area contributed by atoms with Crippen molar-refractivity contribution >= 4 is 5.69 Å². The van der Waals surface area contributed by atoms with Crippen LogP contribution in [0.15, 0.2) is 18.2 Å². The molecule has 19 heavy (non-hydrogen) atoms. The van der Waals surface area contributed by atoms with E-state index in [1.807, 2.05) is 19.2 Å². The van der Waals surface area contributed by atoms with E-state index in [1.54, 1.807) is 0 Å². The van der Waals surface area contributed by atoms with Gasteiger partial charge in [-0.2, -0.15) is 5.26 Å². The summed E-state index contributed by atoms with van der Waals surface area (Å²) in [6.07, 6.45) is 3.74. The third-order valence-electron chi connectivity index (χ3n) is 4.09. The smallest absolute Gasteiger partial charge is 0.101 e.